The van der Waals surface area contributed by atoms with Gasteiger partial charge in [0.15, 0.2) is 11.6 Å². The number of nitrogens with one attached hydrogen (secondary N) is 2. The van der Waals surface area contributed by atoms with Crippen LogP contribution in [0.2, 0.25) is 0 Å². The molecular formula is C25H29F5N8O5. The average molecular weight is 617 g/mol. The molecular weight excluding hydrogens is 587 g/mol. The van der Waals surface area contributed by atoms with Crippen LogP contribution in [0.4, 0.5) is 22.0 Å². The first kappa shape index (κ1) is 30.7. The van der Waals surface area contributed by atoms with Crippen LogP contribution in [0, 0.1) is 18.8 Å². The number of hydrogen-bond donors (Lipinski definition) is 3. The maximum atomic E-state index is 14.0. The quantitative estimate of drug-likeness (QED) is 0.302. The van der Waals surface area contributed by atoms with Gasteiger partial charge in [-0.3, -0.25) is 9.59 Å². The van der Waals surface area contributed by atoms with E-state index >= 15 is 0 Å². The summed E-state index contributed by atoms with van der Waals surface area (Å²) in [5, 5.41) is 26.3. The molecule has 0 radical (unpaired) electrons. The smallest absolute Gasteiger partial charge is 0.403 e. The molecule has 0 bridgehead atoms. The van der Waals surface area contributed by atoms with Gasteiger partial charge in [0.1, 0.15) is 5.69 Å². The molecule has 0 spiro atoms. The van der Waals surface area contributed by atoms with Crippen LogP contribution in [0.15, 0.2) is 17.0 Å². The van der Waals surface area contributed by atoms with Gasteiger partial charge in [0.25, 0.3) is 11.7 Å². The zero-order valence-corrected chi connectivity index (χ0v) is 22.9. The van der Waals surface area contributed by atoms with Crippen molar-refractivity contribution in [2.45, 2.75) is 69.1 Å². The van der Waals surface area contributed by atoms with Crippen LogP contribution in [0.3, 0.4) is 0 Å². The third-order valence-electron chi connectivity index (χ3n) is 8.09. The number of ether oxygens (including phenoxy) is 1. The highest BCUT2D eigenvalue weighted by molar-refractivity contribution is 5.93. The first-order valence-corrected chi connectivity index (χ1v) is 13.6. The molecule has 3 aromatic heterocycles. The number of carboxylic acid groups (broad SMARTS) is 1. The molecule has 1 saturated carbocycles. The van der Waals surface area contributed by atoms with Crippen LogP contribution < -0.4 is 10.6 Å². The normalized spacial score (nSPS) is 20.5. The Morgan fingerprint density at radius 2 is 1.84 bits per heavy atom. The van der Waals surface area contributed by atoms with Gasteiger partial charge < -0.3 is 20.5 Å². The van der Waals surface area contributed by atoms with Crippen LogP contribution in [0.1, 0.15) is 72.1 Å². The third-order valence-corrected chi connectivity index (χ3v) is 8.09. The third kappa shape index (κ3) is 6.58. The largest absolute Gasteiger partial charge is 0.481 e. The van der Waals surface area contributed by atoms with Crippen LogP contribution in [0.5, 0.6) is 0 Å². The van der Waals surface area contributed by atoms with Crippen molar-refractivity contribution in [3.05, 3.63) is 35.2 Å². The van der Waals surface area contributed by atoms with E-state index in [9.17, 15) is 31.5 Å². The van der Waals surface area contributed by atoms with Crippen LogP contribution in [-0.2, 0) is 15.1 Å². The number of aryl methyl sites for hydroxylation is 1. The Bertz CT molecular complexity index is 1460. The van der Waals surface area contributed by atoms with Crippen molar-refractivity contribution in [3.8, 4) is 0 Å². The Labute approximate surface area is 240 Å². The summed E-state index contributed by atoms with van der Waals surface area (Å²) in [6.45, 7) is 0.984. The molecule has 2 fully saturated rings. The topological polar surface area (TPSA) is 170 Å². The van der Waals surface area contributed by atoms with E-state index in [2.05, 4.69) is 40.6 Å². The molecule has 2 atom stereocenters. The molecule has 234 valence electrons. The maximum absolute atomic E-state index is 14.0. The summed E-state index contributed by atoms with van der Waals surface area (Å²) < 4.78 is 79.3. The zero-order valence-electron chi connectivity index (χ0n) is 22.9. The molecule has 1 saturated heterocycles. The summed E-state index contributed by atoms with van der Waals surface area (Å²) in [4.78, 5) is 33.4. The highest BCUT2D eigenvalue weighted by Gasteiger charge is 2.47. The second kappa shape index (κ2) is 11.7. The molecule has 5 rings (SSSR count). The molecule has 1 aliphatic heterocycles. The highest BCUT2D eigenvalue weighted by atomic mass is 19.4. The fourth-order valence-electron chi connectivity index (χ4n) is 5.53. The minimum atomic E-state index is -4.97. The Hall–Kier alpha value is -3.80. The van der Waals surface area contributed by atoms with Gasteiger partial charge in [-0.05, 0) is 43.7 Å². The van der Waals surface area contributed by atoms with Gasteiger partial charge >= 0.3 is 12.1 Å². The van der Waals surface area contributed by atoms with Gasteiger partial charge in [-0.1, -0.05) is 5.16 Å². The lowest BCUT2D eigenvalue weighted by Gasteiger charge is -2.38. The molecule has 3 N–H and O–H groups in total. The predicted octanol–water partition coefficient (Wildman–Crippen LogP) is 2.97. The number of nitrogens with zero attached hydrogens (tertiary/aromatic N) is 6. The molecule has 13 nitrogen and oxygen atoms in total. The first-order chi connectivity index (χ1) is 20.3. The van der Waals surface area contributed by atoms with Gasteiger partial charge in [0.2, 0.25) is 5.92 Å². The van der Waals surface area contributed by atoms with Crippen LogP contribution in [-0.4, -0.2) is 78.7 Å². The standard InChI is InChI=1S/C25H29F5N8O5/c1-13-18(37-43-36-13)20(39)35-19(14-2-4-24(26,27)5-3-14)16-12-38-22(33-16)34-17(11-32-38)23(6-8-42-9-7-23)31-10-15(21(40)41)25(28,29)30/h11-12,14-15,19,31H,2-10H2,1H3,(H,35,39)(H,40,41)/t15?,19-/m0/s1. The lowest BCUT2D eigenvalue weighted by Crippen LogP contribution is -2.51. The number of fused-ring (bicyclic) bond motifs is 1. The van der Waals surface area contributed by atoms with Crippen molar-refractivity contribution in [1.82, 2.24) is 40.5 Å². The number of aromatic nitrogens is 6. The highest BCUT2D eigenvalue weighted by Crippen LogP contribution is 2.41. The van der Waals surface area contributed by atoms with E-state index in [1.165, 1.54) is 23.8 Å². The van der Waals surface area contributed by atoms with Gasteiger partial charge in [0.05, 0.1) is 35.4 Å². The number of halogens is 5. The second-order valence-corrected chi connectivity index (χ2v) is 10.9. The first-order valence-electron chi connectivity index (χ1n) is 13.6. The summed E-state index contributed by atoms with van der Waals surface area (Å²) in [6.07, 6.45) is -2.28. The van der Waals surface area contributed by atoms with E-state index in [0.29, 0.717) is 0 Å². The van der Waals surface area contributed by atoms with Gasteiger partial charge in [-0.15, -0.1) is 0 Å². The predicted molar refractivity (Wildman–Crippen MR) is 134 cm³/mol. The van der Waals surface area contributed by atoms with Gasteiger partial charge in [-0.2, -0.15) is 18.3 Å². The molecule has 4 heterocycles. The maximum Gasteiger partial charge on any atom is 0.403 e. The Kier molecular flexibility index (Phi) is 8.34. The summed E-state index contributed by atoms with van der Waals surface area (Å²) in [5.41, 5.74) is -0.502. The lowest BCUT2D eigenvalue weighted by atomic mass is 9.81. The van der Waals surface area contributed by atoms with Crippen molar-refractivity contribution in [2.24, 2.45) is 11.8 Å². The van der Waals surface area contributed by atoms with E-state index in [-0.39, 0.29) is 80.3 Å². The lowest BCUT2D eigenvalue weighted by molar-refractivity contribution is -0.193. The molecule has 2 aliphatic rings. The molecule has 18 heteroatoms. The van der Waals surface area contributed by atoms with Crippen molar-refractivity contribution >= 4 is 17.7 Å². The SMILES string of the molecule is Cc1nonc1C(=O)N[C@H](c1cn2ncc(C3(NCC(C(=O)O)C(F)(F)F)CCOCC3)nc2n1)C1CCC(F)(F)CC1. The molecule has 1 unspecified atom stereocenters. The number of carbonyl (C=O) groups excluding carboxylic acids is 1. The minimum Gasteiger partial charge on any atom is -0.481 e. The Morgan fingerprint density at radius 3 is 2.44 bits per heavy atom. The summed E-state index contributed by atoms with van der Waals surface area (Å²) >= 11 is 0. The number of amides is 1. The number of carboxylic acids is 1. The minimum absolute atomic E-state index is 0.0467. The zero-order chi connectivity index (χ0) is 31.0. The van der Waals surface area contributed by atoms with Gasteiger partial charge in [-0.25, -0.2) is 27.9 Å². The Morgan fingerprint density at radius 1 is 1.14 bits per heavy atom. The molecule has 3 aromatic rings. The molecule has 0 aromatic carbocycles. The molecule has 1 aliphatic carbocycles. The Balaban J connectivity index is 1.46. The fourth-order valence-corrected chi connectivity index (χ4v) is 5.53. The second-order valence-electron chi connectivity index (χ2n) is 10.9. The molecule has 43 heavy (non-hydrogen) atoms. The van der Waals surface area contributed by atoms with Gasteiger partial charge in [0, 0.05) is 32.6 Å². The summed E-state index contributed by atoms with van der Waals surface area (Å²) in [7, 11) is 0. The summed E-state index contributed by atoms with van der Waals surface area (Å²) in [6, 6.07) is -0.829. The average Bonchev–Trinajstić information content (AvgIpc) is 3.57. The van der Waals surface area contributed by atoms with Crippen LogP contribution in [0.25, 0.3) is 5.78 Å². The number of rotatable bonds is 9. The summed E-state index contributed by atoms with van der Waals surface area (Å²) in [5.74, 6) is -8.46. The van der Waals surface area contributed by atoms with Crippen molar-refractivity contribution in [3.63, 3.8) is 0 Å². The van der Waals surface area contributed by atoms with E-state index in [1.54, 1.807) is 0 Å². The van der Waals surface area contributed by atoms with Crippen molar-refractivity contribution < 1.29 is 46.0 Å². The fraction of sp³-hybridized carbons (Fsp3) is 0.640. The van der Waals surface area contributed by atoms with E-state index in [4.69, 9.17) is 9.84 Å². The number of alkyl halides is 5. The number of hydrogen-bond acceptors (Lipinski definition) is 10. The number of carbonyl (C=O) groups is 2. The van der Waals surface area contributed by atoms with Crippen molar-refractivity contribution in [2.75, 3.05) is 19.8 Å². The van der Waals surface area contributed by atoms with Crippen LogP contribution >= 0.6 is 0 Å². The number of imidazole rings is 1. The monoisotopic (exact) mass is 616 g/mol. The van der Waals surface area contributed by atoms with Crippen molar-refractivity contribution in [1.29, 1.82) is 0 Å². The molecule has 1 amide bonds. The van der Waals surface area contributed by atoms with E-state index in [1.807, 2.05) is 0 Å². The number of aliphatic carboxylic acids is 1. The van der Waals surface area contributed by atoms with E-state index < -0.39 is 53.9 Å². The van der Waals surface area contributed by atoms with E-state index in [0.717, 1.165) is 0 Å².